The first-order valence-electron chi connectivity index (χ1n) is 6.16. The number of carbonyl (C=O) groups is 1. The van der Waals surface area contributed by atoms with Gasteiger partial charge in [-0.3, -0.25) is 4.79 Å². The summed E-state index contributed by atoms with van der Waals surface area (Å²) in [6.45, 7) is 4.94. The molecule has 0 aromatic carbocycles. The van der Waals surface area contributed by atoms with Crippen LogP contribution in [0.3, 0.4) is 0 Å². The van der Waals surface area contributed by atoms with Gasteiger partial charge < -0.3 is 9.09 Å². The number of Topliss-reactive ketones (excluding diaryl/α,β-unsaturated/α-hetero) is 1. The lowest BCUT2D eigenvalue weighted by atomic mass is 9.76. The maximum atomic E-state index is 12.1. The maximum Gasteiger partial charge on any atom is 0.165 e. The van der Waals surface area contributed by atoms with Crippen LogP contribution in [0.4, 0.5) is 0 Å². The number of aromatic nitrogens is 2. The maximum absolute atomic E-state index is 12.1. The van der Waals surface area contributed by atoms with E-state index in [1.807, 2.05) is 18.3 Å². The first kappa shape index (κ1) is 11.3. The summed E-state index contributed by atoms with van der Waals surface area (Å²) in [5, 5.41) is 3.91. The van der Waals surface area contributed by atoms with E-state index in [4.69, 9.17) is 4.52 Å². The lowest BCUT2D eigenvalue weighted by molar-refractivity contribution is 0.0910. The molecular weight excluding hydrogens is 228 g/mol. The molecule has 0 atom stereocenters. The first-order valence-corrected chi connectivity index (χ1v) is 6.16. The minimum Gasteiger partial charge on any atom is -0.364 e. The lowest BCUT2D eigenvalue weighted by Crippen LogP contribution is -2.28. The van der Waals surface area contributed by atoms with E-state index >= 15 is 0 Å². The van der Waals surface area contributed by atoms with Gasteiger partial charge in [-0.15, -0.1) is 0 Å². The van der Waals surface area contributed by atoms with Gasteiger partial charge in [-0.2, -0.15) is 0 Å². The molecule has 0 radical (unpaired) electrons. The summed E-state index contributed by atoms with van der Waals surface area (Å²) in [6.07, 6.45) is 5.10. The molecule has 0 N–H and O–H groups in total. The molecule has 2 aromatic heterocycles. The third-order valence-electron chi connectivity index (χ3n) is 3.49. The normalized spacial score (nSPS) is 17.8. The average molecular weight is 244 g/mol. The standard InChI is InChI=1S/C14H16N2O2/c1-14(2)7-12-11(13(17)8-14)3-5-16(12)9-10-4-6-18-15-10/h3-6H,7-9H2,1-2H3. The second kappa shape index (κ2) is 3.83. The van der Waals surface area contributed by atoms with Crippen molar-refractivity contribution in [1.82, 2.24) is 9.72 Å². The summed E-state index contributed by atoms with van der Waals surface area (Å²) >= 11 is 0. The highest BCUT2D eigenvalue weighted by molar-refractivity contribution is 5.98. The van der Waals surface area contributed by atoms with Crippen molar-refractivity contribution in [3.8, 4) is 0 Å². The SMILES string of the molecule is CC1(C)CC(=O)c2ccn(Cc3ccon3)c2C1. The fourth-order valence-corrected chi connectivity index (χ4v) is 2.64. The van der Waals surface area contributed by atoms with Crippen molar-refractivity contribution in [1.29, 1.82) is 0 Å². The quantitative estimate of drug-likeness (QED) is 0.816. The van der Waals surface area contributed by atoms with Gasteiger partial charge >= 0.3 is 0 Å². The number of nitrogens with zero attached hydrogens (tertiary/aromatic N) is 2. The average Bonchev–Trinajstić information content (AvgIpc) is 2.88. The number of fused-ring (bicyclic) bond motifs is 1. The zero-order valence-corrected chi connectivity index (χ0v) is 10.6. The predicted molar refractivity (Wildman–Crippen MR) is 66.5 cm³/mol. The molecule has 0 amide bonds. The van der Waals surface area contributed by atoms with Crippen molar-refractivity contribution in [3.63, 3.8) is 0 Å². The number of hydrogen-bond donors (Lipinski definition) is 0. The van der Waals surface area contributed by atoms with Gasteiger partial charge in [0, 0.05) is 29.9 Å². The summed E-state index contributed by atoms with van der Waals surface area (Å²) in [5.74, 6) is 0.250. The van der Waals surface area contributed by atoms with Gasteiger partial charge in [0.2, 0.25) is 0 Å². The molecule has 1 aliphatic carbocycles. The molecule has 2 heterocycles. The Hall–Kier alpha value is -1.84. The number of rotatable bonds is 2. The van der Waals surface area contributed by atoms with Gasteiger partial charge in [0.25, 0.3) is 0 Å². The van der Waals surface area contributed by atoms with Crippen LogP contribution in [-0.4, -0.2) is 15.5 Å². The highest BCUT2D eigenvalue weighted by Crippen LogP contribution is 2.35. The number of ketones is 1. The molecule has 4 nitrogen and oxygen atoms in total. The molecular formula is C14H16N2O2. The summed E-state index contributed by atoms with van der Waals surface area (Å²) < 4.78 is 6.94. The second-order valence-electron chi connectivity index (χ2n) is 5.74. The van der Waals surface area contributed by atoms with Crippen LogP contribution in [-0.2, 0) is 13.0 Å². The van der Waals surface area contributed by atoms with Crippen molar-refractivity contribution in [2.24, 2.45) is 5.41 Å². The summed E-state index contributed by atoms with van der Waals surface area (Å²) in [4.78, 5) is 12.1. The van der Waals surface area contributed by atoms with Crippen LogP contribution in [0.15, 0.2) is 29.1 Å². The van der Waals surface area contributed by atoms with E-state index < -0.39 is 0 Å². The van der Waals surface area contributed by atoms with E-state index in [-0.39, 0.29) is 11.2 Å². The second-order valence-corrected chi connectivity index (χ2v) is 5.74. The molecule has 0 saturated heterocycles. The van der Waals surface area contributed by atoms with Crippen LogP contribution >= 0.6 is 0 Å². The summed E-state index contributed by atoms with van der Waals surface area (Å²) in [5.41, 5.74) is 2.92. The predicted octanol–water partition coefficient (Wildman–Crippen LogP) is 2.68. The molecule has 0 unspecified atom stereocenters. The number of hydrogen-bond acceptors (Lipinski definition) is 3. The van der Waals surface area contributed by atoms with Gasteiger partial charge in [-0.05, 0) is 17.9 Å². The minimum atomic E-state index is 0.0456. The Morgan fingerprint density at radius 1 is 1.39 bits per heavy atom. The van der Waals surface area contributed by atoms with Gasteiger partial charge in [0.05, 0.1) is 6.54 Å². The fraction of sp³-hybridized carbons (Fsp3) is 0.429. The Balaban J connectivity index is 1.97. The van der Waals surface area contributed by atoms with E-state index in [0.717, 1.165) is 23.4 Å². The van der Waals surface area contributed by atoms with Crippen LogP contribution in [0.1, 0.15) is 42.0 Å². The van der Waals surface area contributed by atoms with Crippen molar-refractivity contribution in [3.05, 3.63) is 41.5 Å². The van der Waals surface area contributed by atoms with E-state index in [2.05, 4.69) is 23.6 Å². The summed E-state index contributed by atoms with van der Waals surface area (Å²) in [6, 6.07) is 3.77. The van der Waals surface area contributed by atoms with Crippen molar-refractivity contribution in [2.75, 3.05) is 0 Å². The van der Waals surface area contributed by atoms with Crippen molar-refractivity contribution < 1.29 is 9.32 Å². The van der Waals surface area contributed by atoms with Gasteiger partial charge in [-0.1, -0.05) is 19.0 Å². The zero-order chi connectivity index (χ0) is 12.8. The molecule has 94 valence electrons. The Kier molecular flexibility index (Phi) is 2.40. The Labute approximate surface area is 106 Å². The molecule has 0 fully saturated rings. The minimum absolute atomic E-state index is 0.0456. The van der Waals surface area contributed by atoms with E-state index in [1.54, 1.807) is 6.26 Å². The van der Waals surface area contributed by atoms with E-state index in [1.165, 1.54) is 0 Å². The molecule has 0 saturated carbocycles. The molecule has 2 aromatic rings. The van der Waals surface area contributed by atoms with Crippen molar-refractivity contribution >= 4 is 5.78 Å². The fourth-order valence-electron chi connectivity index (χ4n) is 2.64. The van der Waals surface area contributed by atoms with E-state index in [0.29, 0.717) is 13.0 Å². The van der Waals surface area contributed by atoms with Crippen LogP contribution < -0.4 is 0 Å². The van der Waals surface area contributed by atoms with Crippen LogP contribution in [0.25, 0.3) is 0 Å². The Morgan fingerprint density at radius 2 is 2.22 bits per heavy atom. The third-order valence-corrected chi connectivity index (χ3v) is 3.49. The molecule has 0 spiro atoms. The topological polar surface area (TPSA) is 48.0 Å². The Bertz CT molecular complexity index is 579. The van der Waals surface area contributed by atoms with Crippen LogP contribution in [0, 0.1) is 5.41 Å². The molecule has 0 bridgehead atoms. The monoisotopic (exact) mass is 244 g/mol. The highest BCUT2D eigenvalue weighted by atomic mass is 16.5. The number of carbonyl (C=O) groups excluding carboxylic acids is 1. The molecule has 0 aliphatic heterocycles. The third kappa shape index (κ3) is 1.88. The molecule has 18 heavy (non-hydrogen) atoms. The molecule has 3 rings (SSSR count). The van der Waals surface area contributed by atoms with E-state index in [9.17, 15) is 4.79 Å². The largest absolute Gasteiger partial charge is 0.364 e. The highest BCUT2D eigenvalue weighted by Gasteiger charge is 2.32. The first-order chi connectivity index (χ1) is 8.55. The summed E-state index contributed by atoms with van der Waals surface area (Å²) in [7, 11) is 0. The van der Waals surface area contributed by atoms with Gasteiger partial charge in [0.15, 0.2) is 5.78 Å². The zero-order valence-electron chi connectivity index (χ0n) is 10.6. The Morgan fingerprint density at radius 3 is 2.94 bits per heavy atom. The van der Waals surface area contributed by atoms with Crippen molar-refractivity contribution in [2.45, 2.75) is 33.2 Å². The molecule has 1 aliphatic rings. The smallest absolute Gasteiger partial charge is 0.165 e. The van der Waals surface area contributed by atoms with Gasteiger partial charge in [0.1, 0.15) is 12.0 Å². The van der Waals surface area contributed by atoms with Crippen LogP contribution in [0.2, 0.25) is 0 Å². The van der Waals surface area contributed by atoms with Gasteiger partial charge in [-0.25, -0.2) is 0 Å². The molecule has 4 heteroatoms. The lowest BCUT2D eigenvalue weighted by Gasteiger charge is -2.29. The van der Waals surface area contributed by atoms with Crippen LogP contribution in [0.5, 0.6) is 0 Å².